The van der Waals surface area contributed by atoms with E-state index in [0.29, 0.717) is 31.6 Å². The van der Waals surface area contributed by atoms with Crippen LogP contribution >= 0.6 is 24.8 Å². The van der Waals surface area contributed by atoms with Crippen molar-refractivity contribution in [1.82, 2.24) is 19.8 Å². The van der Waals surface area contributed by atoms with Crippen LogP contribution in [-0.2, 0) is 14.6 Å². The van der Waals surface area contributed by atoms with Crippen LogP contribution in [0.3, 0.4) is 0 Å². The van der Waals surface area contributed by atoms with Crippen molar-refractivity contribution < 1.29 is 27.4 Å². The number of halogens is 3. The van der Waals surface area contributed by atoms with Crippen LogP contribution in [0.1, 0.15) is 42.2 Å². The zero-order valence-electron chi connectivity index (χ0n) is 23.3. The molecule has 2 aliphatic rings. The number of aromatic nitrogens is 2. The molecule has 9 nitrogen and oxygen atoms in total. The lowest BCUT2D eigenvalue weighted by atomic mass is 9.80. The summed E-state index contributed by atoms with van der Waals surface area (Å²) in [6.07, 6.45) is 4.67. The number of nitrogens with one attached hydrogen (secondary N) is 1. The van der Waals surface area contributed by atoms with Gasteiger partial charge in [0.15, 0.2) is 15.5 Å². The number of rotatable bonds is 8. The fourth-order valence-corrected chi connectivity index (χ4v) is 7.55. The minimum Gasteiger partial charge on any atom is -0.385 e. The summed E-state index contributed by atoms with van der Waals surface area (Å²) in [7, 11) is -2.31. The summed E-state index contributed by atoms with van der Waals surface area (Å²) in [6.45, 7) is 1.23. The number of carbonyl (C=O) groups excluding carboxylic acids is 1. The number of sulfone groups is 1. The molecular weight excluding hydrogens is 606 g/mol. The molecule has 2 fully saturated rings. The number of benzene rings is 2. The molecule has 2 aromatic carbocycles. The van der Waals surface area contributed by atoms with Crippen molar-refractivity contribution in [2.45, 2.75) is 48.3 Å². The molecule has 5 rings (SSSR count). The van der Waals surface area contributed by atoms with E-state index in [1.54, 1.807) is 18.3 Å². The van der Waals surface area contributed by atoms with Crippen molar-refractivity contribution in [3.8, 4) is 11.3 Å². The Kier molecular flexibility index (Phi) is 11.6. The molecule has 0 radical (unpaired) electrons. The molecule has 42 heavy (non-hydrogen) atoms. The molecule has 230 valence electrons. The van der Waals surface area contributed by atoms with E-state index >= 15 is 0 Å². The van der Waals surface area contributed by atoms with E-state index in [-0.39, 0.29) is 66.3 Å². The van der Waals surface area contributed by atoms with Gasteiger partial charge in [-0.05, 0) is 31.0 Å². The van der Waals surface area contributed by atoms with Gasteiger partial charge >= 0.3 is 0 Å². The van der Waals surface area contributed by atoms with E-state index in [4.69, 9.17) is 4.74 Å². The van der Waals surface area contributed by atoms with Gasteiger partial charge in [-0.25, -0.2) is 17.8 Å². The highest BCUT2D eigenvalue weighted by molar-refractivity contribution is 7.91. The zero-order valence-corrected chi connectivity index (χ0v) is 25.8. The molecular formula is C29H37Cl2FN4O5S. The van der Waals surface area contributed by atoms with Crippen LogP contribution in [0, 0.1) is 5.82 Å². The first kappa shape index (κ1) is 34.0. The van der Waals surface area contributed by atoms with Gasteiger partial charge in [-0.1, -0.05) is 49.2 Å². The molecule has 1 aliphatic carbocycles. The van der Waals surface area contributed by atoms with Crippen LogP contribution in [0.2, 0.25) is 0 Å². The third kappa shape index (κ3) is 6.98. The van der Waals surface area contributed by atoms with Gasteiger partial charge in [0.25, 0.3) is 5.91 Å². The molecule has 1 aliphatic heterocycles. The van der Waals surface area contributed by atoms with E-state index in [1.807, 2.05) is 34.9 Å². The number of methoxy groups -OCH3 is 1. The van der Waals surface area contributed by atoms with Crippen LogP contribution in [0.5, 0.6) is 0 Å². The van der Waals surface area contributed by atoms with Gasteiger partial charge in [0.1, 0.15) is 11.4 Å². The third-order valence-electron chi connectivity index (χ3n) is 7.91. The first-order chi connectivity index (χ1) is 19.2. The third-order valence-corrected chi connectivity index (χ3v) is 9.70. The Balaban J connectivity index is 0.00000242. The number of ether oxygens (including phenoxy) is 1. The van der Waals surface area contributed by atoms with Crippen molar-refractivity contribution in [3.63, 3.8) is 0 Å². The zero-order chi connectivity index (χ0) is 28.3. The van der Waals surface area contributed by atoms with E-state index in [9.17, 15) is 22.7 Å². The number of hydrogen-bond acceptors (Lipinski definition) is 7. The molecule has 1 aromatic heterocycles. The fraction of sp³-hybridized carbons (Fsp3) is 0.448. The average molecular weight is 644 g/mol. The van der Waals surface area contributed by atoms with Gasteiger partial charge in [0, 0.05) is 32.3 Å². The first-order valence-electron chi connectivity index (χ1n) is 13.6. The highest BCUT2D eigenvalue weighted by Crippen LogP contribution is 2.41. The topological polar surface area (TPSA) is 114 Å². The summed E-state index contributed by atoms with van der Waals surface area (Å²) >= 11 is 0. The first-order valence-corrected chi connectivity index (χ1v) is 15.2. The Hall–Kier alpha value is -2.54. The predicted octanol–water partition coefficient (Wildman–Crippen LogP) is 3.91. The van der Waals surface area contributed by atoms with Crippen LogP contribution in [0.4, 0.5) is 4.39 Å². The maximum atomic E-state index is 14.1. The molecule has 0 spiro atoms. The fourth-order valence-electron chi connectivity index (χ4n) is 5.98. The van der Waals surface area contributed by atoms with Crippen molar-refractivity contribution in [1.29, 1.82) is 0 Å². The second-order valence-corrected chi connectivity index (χ2v) is 12.6. The van der Waals surface area contributed by atoms with Crippen LogP contribution in [0.15, 0.2) is 65.8 Å². The molecule has 1 amide bonds. The van der Waals surface area contributed by atoms with Crippen molar-refractivity contribution in [3.05, 3.63) is 72.4 Å². The number of imidazole rings is 1. The molecule has 0 unspecified atom stereocenters. The lowest BCUT2D eigenvalue weighted by Gasteiger charge is -2.41. The molecule has 1 saturated carbocycles. The number of piperazine rings is 1. The minimum atomic E-state index is -3.87. The highest BCUT2D eigenvalue weighted by atomic mass is 35.5. The van der Waals surface area contributed by atoms with Crippen LogP contribution in [0.25, 0.3) is 11.3 Å². The normalized spacial score (nSPS) is 22.6. The Morgan fingerprint density at radius 3 is 2.64 bits per heavy atom. The van der Waals surface area contributed by atoms with Crippen molar-refractivity contribution in [2.75, 3.05) is 39.1 Å². The second-order valence-electron chi connectivity index (χ2n) is 10.6. The van der Waals surface area contributed by atoms with Crippen LogP contribution in [-0.4, -0.2) is 84.6 Å². The van der Waals surface area contributed by atoms with Gasteiger partial charge in [0.2, 0.25) is 0 Å². The number of nitrogens with zero attached hydrogens (tertiary/aromatic N) is 3. The molecule has 3 aromatic rings. The summed E-state index contributed by atoms with van der Waals surface area (Å²) in [5.74, 6) is -1.37. The maximum absolute atomic E-state index is 14.1. The Morgan fingerprint density at radius 1 is 1.17 bits per heavy atom. The smallest absolute Gasteiger partial charge is 0.275 e. The Bertz CT molecular complexity index is 1460. The Morgan fingerprint density at radius 2 is 1.93 bits per heavy atom. The molecule has 2 heterocycles. The predicted molar refractivity (Wildman–Crippen MR) is 163 cm³/mol. The quantitative estimate of drug-likeness (QED) is 0.383. The van der Waals surface area contributed by atoms with Gasteiger partial charge in [-0.15, -0.1) is 24.8 Å². The summed E-state index contributed by atoms with van der Waals surface area (Å²) < 4.78 is 47.5. The molecule has 3 atom stereocenters. The van der Waals surface area contributed by atoms with Crippen LogP contribution < -0.4 is 5.32 Å². The lowest BCUT2D eigenvalue weighted by molar-refractivity contribution is -0.0893. The van der Waals surface area contributed by atoms with Gasteiger partial charge in [-0.3, -0.25) is 4.79 Å². The summed E-state index contributed by atoms with van der Waals surface area (Å²) in [5.41, 5.74) is 0.436. The standard InChI is InChI=1S/C29H35FN4O5S.2ClH/c1-39-19-29(36)13-6-5-12-25(29)34-20-32-26(27(34)21-8-3-2-4-9-21)28(35)33-15-14-31-17-23(33)18-40(37,38)24-11-7-10-22(30)16-24;;/h2-4,7-11,16,20,23,25,31,36H,5-6,12-15,17-19H2,1H3;2*1H/t23-,25+,29+;;/m0../s1. The molecule has 0 bridgehead atoms. The van der Waals surface area contributed by atoms with E-state index < -0.39 is 27.3 Å². The second kappa shape index (κ2) is 14.3. The molecule has 13 heteroatoms. The summed E-state index contributed by atoms with van der Waals surface area (Å²) in [6, 6.07) is 13.3. The lowest BCUT2D eigenvalue weighted by Crippen LogP contribution is -2.56. The van der Waals surface area contributed by atoms with Gasteiger partial charge < -0.3 is 24.6 Å². The largest absolute Gasteiger partial charge is 0.385 e. The Labute approximate surface area is 258 Å². The number of hydrogen-bond donors (Lipinski definition) is 2. The van der Waals surface area contributed by atoms with E-state index in [2.05, 4.69) is 10.3 Å². The molecule has 2 N–H and O–H groups in total. The highest BCUT2D eigenvalue weighted by Gasteiger charge is 2.42. The monoisotopic (exact) mass is 642 g/mol. The van der Waals surface area contributed by atoms with Crippen molar-refractivity contribution in [2.24, 2.45) is 0 Å². The summed E-state index contributed by atoms with van der Waals surface area (Å²) in [4.78, 5) is 20.1. The molecule has 1 saturated heterocycles. The number of aliphatic hydroxyl groups is 1. The average Bonchev–Trinajstić information content (AvgIpc) is 3.38. The SMILES string of the molecule is COC[C@]1(O)CCCC[C@H]1n1cnc(C(=O)N2CCNC[C@H]2CS(=O)(=O)c2cccc(F)c2)c1-c1ccccc1.Cl.Cl. The maximum Gasteiger partial charge on any atom is 0.275 e. The van der Waals surface area contributed by atoms with Gasteiger partial charge in [0.05, 0.1) is 41.4 Å². The van der Waals surface area contributed by atoms with E-state index in [0.717, 1.165) is 24.5 Å². The number of amides is 1. The van der Waals surface area contributed by atoms with E-state index in [1.165, 1.54) is 18.2 Å². The number of carbonyl (C=O) groups is 1. The van der Waals surface area contributed by atoms with Crippen molar-refractivity contribution >= 4 is 40.6 Å². The summed E-state index contributed by atoms with van der Waals surface area (Å²) in [5, 5.41) is 14.8. The van der Waals surface area contributed by atoms with Gasteiger partial charge in [-0.2, -0.15) is 0 Å². The minimum absolute atomic E-state index is 0.